The molecule has 11 nitrogen and oxygen atoms in total. The second-order valence-electron chi connectivity index (χ2n) is 13.8. The lowest BCUT2D eigenvalue weighted by molar-refractivity contribution is -0.135. The van der Waals surface area contributed by atoms with Gasteiger partial charge in [-0.2, -0.15) is 5.10 Å². The highest BCUT2D eigenvalue weighted by Gasteiger charge is 2.34. The number of piperidine rings is 2. The number of carbonyl (C=O) groups is 2. The van der Waals surface area contributed by atoms with Gasteiger partial charge < -0.3 is 25.0 Å². The van der Waals surface area contributed by atoms with Crippen molar-refractivity contribution >= 4 is 33.7 Å². The molecule has 3 aliphatic rings. The second kappa shape index (κ2) is 17.8. The van der Waals surface area contributed by atoms with Crippen LogP contribution in [0.5, 0.6) is 0 Å². The minimum Gasteiger partial charge on any atom is -0.338 e. The molecule has 3 fully saturated rings. The van der Waals surface area contributed by atoms with Gasteiger partial charge in [0, 0.05) is 68.2 Å². The molecule has 276 valence electrons. The van der Waals surface area contributed by atoms with Crippen molar-refractivity contribution in [3.05, 3.63) is 75.7 Å². The molecule has 11 heteroatoms. The highest BCUT2D eigenvalue weighted by Crippen LogP contribution is 2.28. The maximum atomic E-state index is 14.1. The van der Waals surface area contributed by atoms with Gasteiger partial charge in [-0.05, 0) is 93.4 Å². The van der Waals surface area contributed by atoms with E-state index >= 15 is 0 Å². The van der Waals surface area contributed by atoms with Crippen molar-refractivity contribution in [2.24, 2.45) is 0 Å². The number of urea groups is 1. The van der Waals surface area contributed by atoms with E-state index in [4.69, 9.17) is 0 Å². The van der Waals surface area contributed by atoms with Crippen LogP contribution in [-0.2, 0) is 11.2 Å². The Balaban J connectivity index is 0.00000122. The molecule has 3 saturated heterocycles. The van der Waals surface area contributed by atoms with Gasteiger partial charge >= 0.3 is 6.03 Å². The summed E-state index contributed by atoms with van der Waals surface area (Å²) in [6.45, 7) is 16.4. The summed E-state index contributed by atoms with van der Waals surface area (Å²) in [4.78, 5) is 52.5. The van der Waals surface area contributed by atoms with Gasteiger partial charge in [-0.1, -0.05) is 52.0 Å². The van der Waals surface area contributed by atoms with Crippen molar-refractivity contribution in [1.29, 1.82) is 0 Å². The summed E-state index contributed by atoms with van der Waals surface area (Å²) in [5.41, 5.74) is 4.59. The van der Waals surface area contributed by atoms with Crippen molar-refractivity contribution < 1.29 is 9.59 Å². The molecule has 0 bridgehead atoms. The maximum absolute atomic E-state index is 14.1. The Morgan fingerprint density at radius 2 is 1.55 bits per heavy atom. The molecule has 1 unspecified atom stereocenters. The molecule has 5 heterocycles. The first-order chi connectivity index (χ1) is 24.8. The van der Waals surface area contributed by atoms with Gasteiger partial charge in [-0.25, -0.2) is 4.79 Å². The van der Waals surface area contributed by atoms with Crippen LogP contribution >= 0.6 is 0 Å². The summed E-state index contributed by atoms with van der Waals surface area (Å²) in [6.07, 6.45) is 5.94. The third kappa shape index (κ3) is 8.99. The summed E-state index contributed by atoms with van der Waals surface area (Å²) in [5.74, 6) is 0.0549. The molecule has 3 amide bonds. The van der Waals surface area contributed by atoms with Gasteiger partial charge in [0.25, 0.3) is 5.56 Å². The number of fused-ring (bicyclic) bond motifs is 2. The van der Waals surface area contributed by atoms with Gasteiger partial charge in [0.15, 0.2) is 0 Å². The first-order valence-corrected chi connectivity index (χ1v) is 19.1. The smallest absolute Gasteiger partial charge is 0.318 e. The number of rotatable bonds is 6. The number of aromatic nitrogens is 3. The summed E-state index contributed by atoms with van der Waals surface area (Å²) in [6, 6.07) is 13.6. The number of para-hydroxylation sites is 1. The maximum Gasteiger partial charge on any atom is 0.318 e. The summed E-state index contributed by atoms with van der Waals surface area (Å²) in [7, 11) is 2.18. The number of H-pyrrole nitrogens is 2. The molecule has 2 aromatic heterocycles. The molecule has 0 saturated carbocycles. The lowest BCUT2D eigenvalue weighted by Gasteiger charge is -2.43. The number of aryl methyl sites for hydroxylation is 1. The van der Waals surface area contributed by atoms with Crippen molar-refractivity contribution in [3.8, 4) is 0 Å². The normalized spacial score (nSPS) is 18.5. The van der Waals surface area contributed by atoms with Crippen LogP contribution in [0, 0.1) is 6.92 Å². The molecule has 3 N–H and O–H groups in total. The van der Waals surface area contributed by atoms with Crippen LogP contribution in [0.1, 0.15) is 76.0 Å². The SMILES string of the molecule is CC.CC.Cc1cc(CC(NC(=O)N2CCC(c3cc4ccccc4[nH]c3=O)CC2)C(=O)N2CCN(C3CCN(C)CC3)CC2)cc2cn[nH]c12. The molecule has 2 aromatic carbocycles. The van der Waals surface area contributed by atoms with Gasteiger partial charge in [0.05, 0.1) is 11.7 Å². The number of hydrogen-bond donors (Lipinski definition) is 3. The average Bonchev–Trinajstić information content (AvgIpc) is 3.66. The molecule has 7 rings (SSSR count). The van der Waals surface area contributed by atoms with Crippen LogP contribution in [0.3, 0.4) is 0 Å². The molecule has 0 aliphatic carbocycles. The van der Waals surface area contributed by atoms with Crippen molar-refractivity contribution in [3.63, 3.8) is 0 Å². The van der Waals surface area contributed by atoms with Crippen LogP contribution < -0.4 is 10.9 Å². The zero-order valence-electron chi connectivity index (χ0n) is 31.5. The minimum absolute atomic E-state index is 0.0242. The number of hydrogen-bond acceptors (Lipinski definition) is 6. The summed E-state index contributed by atoms with van der Waals surface area (Å²) < 4.78 is 0. The third-order valence-corrected chi connectivity index (χ3v) is 10.7. The van der Waals surface area contributed by atoms with Crippen molar-refractivity contribution in [2.45, 2.75) is 84.7 Å². The van der Waals surface area contributed by atoms with Gasteiger partial charge in [-0.3, -0.25) is 19.6 Å². The van der Waals surface area contributed by atoms with E-state index in [1.165, 1.54) is 12.8 Å². The van der Waals surface area contributed by atoms with E-state index in [1.54, 1.807) is 11.1 Å². The number of nitrogens with zero attached hydrogens (tertiary/aromatic N) is 5. The Labute approximate surface area is 302 Å². The fourth-order valence-electron chi connectivity index (χ4n) is 7.86. The van der Waals surface area contributed by atoms with Gasteiger partial charge in [-0.15, -0.1) is 0 Å². The Bertz CT molecular complexity index is 1790. The zero-order chi connectivity index (χ0) is 36.5. The molecule has 51 heavy (non-hydrogen) atoms. The summed E-state index contributed by atoms with van der Waals surface area (Å²) in [5, 5.41) is 12.4. The standard InChI is InChI=1S/C36H46N8O3.2C2H6/c1-24-19-25(20-28-23-37-40-33(24)28)21-32(35(46)43-17-15-42(16-18-43)29-9-11-41(2)12-10-29)39-36(47)44-13-7-26(8-14-44)30-22-27-5-3-4-6-31(27)38-34(30)45;2*1-2/h3-6,19-20,22-23,26,29,32H,7-18,21H2,1-2H3,(H,37,40)(H,38,45)(H,39,47);2*1-2H3. The number of nitrogens with one attached hydrogen (secondary N) is 3. The second-order valence-corrected chi connectivity index (χ2v) is 13.8. The lowest BCUT2D eigenvalue weighted by Crippen LogP contribution is -2.59. The monoisotopic (exact) mass is 698 g/mol. The van der Waals surface area contributed by atoms with Crippen molar-refractivity contribution in [2.75, 3.05) is 59.4 Å². The Morgan fingerprint density at radius 1 is 0.863 bits per heavy atom. The van der Waals surface area contributed by atoms with E-state index in [-0.39, 0.29) is 23.4 Å². The van der Waals surface area contributed by atoms with E-state index in [2.05, 4.69) is 49.5 Å². The molecule has 0 radical (unpaired) electrons. The molecule has 3 aliphatic heterocycles. The number of aromatic amines is 2. The average molecular weight is 699 g/mol. The first kappa shape index (κ1) is 38.0. The fraction of sp³-hybridized carbons (Fsp3) is 0.550. The van der Waals surface area contributed by atoms with E-state index in [1.807, 2.05) is 69.9 Å². The van der Waals surface area contributed by atoms with Crippen LogP contribution in [-0.4, -0.2) is 118 Å². The molecule has 0 spiro atoms. The quantitative estimate of drug-likeness (QED) is 0.245. The predicted octanol–water partition coefficient (Wildman–Crippen LogP) is 5.50. The molecular formula is C40H58N8O3. The first-order valence-electron chi connectivity index (χ1n) is 19.1. The van der Waals surface area contributed by atoms with Gasteiger partial charge in [0.2, 0.25) is 5.91 Å². The largest absolute Gasteiger partial charge is 0.338 e. The van der Waals surface area contributed by atoms with Crippen LogP contribution in [0.2, 0.25) is 0 Å². The topological polar surface area (TPSA) is 121 Å². The van der Waals surface area contributed by atoms with Crippen LogP contribution in [0.4, 0.5) is 4.79 Å². The molecule has 4 aromatic rings. The zero-order valence-corrected chi connectivity index (χ0v) is 31.5. The van der Waals surface area contributed by atoms with Crippen LogP contribution in [0.15, 0.2) is 53.5 Å². The number of benzene rings is 2. The number of piperazine rings is 1. The number of pyridine rings is 1. The van der Waals surface area contributed by atoms with Gasteiger partial charge in [0.1, 0.15) is 6.04 Å². The molecular weight excluding hydrogens is 640 g/mol. The predicted molar refractivity (Wildman–Crippen MR) is 206 cm³/mol. The highest BCUT2D eigenvalue weighted by atomic mass is 16.2. The Morgan fingerprint density at radius 3 is 2.25 bits per heavy atom. The van der Waals surface area contributed by atoms with E-state index < -0.39 is 6.04 Å². The summed E-state index contributed by atoms with van der Waals surface area (Å²) >= 11 is 0. The van der Waals surface area contributed by atoms with Crippen molar-refractivity contribution in [1.82, 2.24) is 40.1 Å². The fourth-order valence-corrected chi connectivity index (χ4v) is 7.86. The van der Waals surface area contributed by atoms with E-state index in [0.29, 0.717) is 51.5 Å². The van der Waals surface area contributed by atoms with Crippen LogP contribution in [0.25, 0.3) is 21.8 Å². The molecule has 1 atom stereocenters. The highest BCUT2D eigenvalue weighted by molar-refractivity contribution is 5.88. The lowest BCUT2D eigenvalue weighted by atomic mass is 9.89. The third-order valence-electron chi connectivity index (χ3n) is 10.7. The number of carbonyl (C=O) groups excluding carboxylic acids is 2. The Kier molecular flexibility index (Phi) is 13.3. The number of likely N-dealkylation sites (tertiary alicyclic amines) is 2. The Hall–Kier alpha value is -4.22. The van der Waals surface area contributed by atoms with E-state index in [0.717, 1.165) is 64.7 Å². The van der Waals surface area contributed by atoms with E-state index in [9.17, 15) is 14.4 Å². The minimum atomic E-state index is -0.679. The number of amides is 3.